The molecule has 2 amide bonds. The second-order valence-electron chi connectivity index (χ2n) is 12.9. The first kappa shape index (κ1) is 31.1. The number of ether oxygens (including phenoxy) is 1. The summed E-state index contributed by atoms with van der Waals surface area (Å²) in [6, 6.07) is 18.5. The zero-order valence-corrected chi connectivity index (χ0v) is 26.0. The summed E-state index contributed by atoms with van der Waals surface area (Å²) in [5, 5.41) is 6.83. The van der Waals surface area contributed by atoms with E-state index in [1.165, 1.54) is 6.07 Å². The predicted molar refractivity (Wildman–Crippen MR) is 173 cm³/mol. The van der Waals surface area contributed by atoms with Crippen LogP contribution in [0.1, 0.15) is 53.6 Å². The number of piperazine rings is 1. The molecule has 2 aliphatic heterocycles. The number of anilines is 2. The number of aromatic nitrogens is 1. The molecule has 2 N–H and O–H groups in total. The van der Waals surface area contributed by atoms with Gasteiger partial charge < -0.3 is 15.4 Å². The third-order valence-corrected chi connectivity index (χ3v) is 9.49. The number of alkyl halides is 3. The second kappa shape index (κ2) is 12.6. The fraction of sp³-hybridized carbons (Fsp3) is 0.361. The van der Waals surface area contributed by atoms with Crippen LogP contribution in [0.15, 0.2) is 72.9 Å². The Kier molecular flexibility index (Phi) is 8.36. The van der Waals surface area contributed by atoms with Crippen LogP contribution in [0.4, 0.5) is 24.7 Å². The number of nitrogens with zero attached hydrogens (tertiary/aromatic N) is 3. The highest BCUT2D eigenvalue weighted by Gasteiger charge is 2.38. The Bertz CT molecular complexity index is 1810. The van der Waals surface area contributed by atoms with Gasteiger partial charge in [-0.15, -0.1) is 0 Å². The van der Waals surface area contributed by atoms with Crippen molar-refractivity contribution in [2.45, 2.75) is 56.9 Å². The van der Waals surface area contributed by atoms with Gasteiger partial charge in [0.2, 0.25) is 5.91 Å². The lowest BCUT2D eigenvalue weighted by Gasteiger charge is -2.48. The number of pyridine rings is 1. The average molecular weight is 644 g/mol. The summed E-state index contributed by atoms with van der Waals surface area (Å²) >= 11 is 0. The molecule has 1 aromatic heterocycles. The Balaban J connectivity index is 1.06. The highest BCUT2D eigenvalue weighted by Crippen LogP contribution is 2.36. The van der Waals surface area contributed by atoms with Gasteiger partial charge in [0.15, 0.2) is 0 Å². The van der Waals surface area contributed by atoms with Crippen molar-refractivity contribution in [3.63, 3.8) is 0 Å². The van der Waals surface area contributed by atoms with Crippen LogP contribution in [0.5, 0.6) is 11.5 Å². The first-order valence-electron chi connectivity index (χ1n) is 16.0. The zero-order valence-electron chi connectivity index (χ0n) is 26.0. The largest absolute Gasteiger partial charge is 0.457 e. The summed E-state index contributed by atoms with van der Waals surface area (Å²) in [5.74, 6) is 0.883. The van der Waals surface area contributed by atoms with E-state index in [-0.39, 0.29) is 29.6 Å². The topological polar surface area (TPSA) is 86.8 Å². The first-order chi connectivity index (χ1) is 22.6. The molecule has 1 aliphatic carbocycles. The highest BCUT2D eigenvalue weighted by atomic mass is 19.4. The third-order valence-electron chi connectivity index (χ3n) is 9.49. The number of piperidine rings is 1. The smallest absolute Gasteiger partial charge is 0.416 e. The number of hydrogen-bond donors (Lipinski definition) is 2. The molecule has 7 rings (SSSR count). The van der Waals surface area contributed by atoms with Gasteiger partial charge in [0.25, 0.3) is 5.91 Å². The van der Waals surface area contributed by atoms with Crippen LogP contribution in [0.2, 0.25) is 0 Å². The Morgan fingerprint density at radius 3 is 2.43 bits per heavy atom. The normalized spacial score (nSPS) is 20.2. The molecule has 3 fully saturated rings. The lowest BCUT2D eigenvalue weighted by Crippen LogP contribution is -2.58. The van der Waals surface area contributed by atoms with Crippen LogP contribution in [0.25, 0.3) is 10.8 Å². The van der Waals surface area contributed by atoms with Crippen LogP contribution in [0, 0.1) is 5.92 Å². The van der Waals surface area contributed by atoms with Crippen LogP contribution in [-0.4, -0.2) is 58.8 Å². The van der Waals surface area contributed by atoms with E-state index in [0.717, 1.165) is 56.6 Å². The molecule has 2 saturated heterocycles. The molecule has 4 aromatic rings. The molecule has 2 bridgehead atoms. The van der Waals surface area contributed by atoms with Gasteiger partial charge in [0, 0.05) is 61.1 Å². The van der Waals surface area contributed by atoms with Crippen molar-refractivity contribution < 1.29 is 27.5 Å². The van der Waals surface area contributed by atoms with Gasteiger partial charge in [-0.1, -0.05) is 24.6 Å². The van der Waals surface area contributed by atoms with E-state index in [0.29, 0.717) is 40.4 Å². The number of nitrogens with one attached hydrogen (secondary N) is 2. The van der Waals surface area contributed by atoms with Crippen molar-refractivity contribution in [3.05, 3.63) is 89.6 Å². The SMILES string of the molecule is CN1C2CCCC1CN(Cc1ccc(NC(=O)c3cccc4cc(Oc5ccnc(NC(=O)C6CC6)c5)ccc34)cc1C(F)(F)F)C2. The number of amides is 2. The number of fused-ring (bicyclic) bond motifs is 3. The van der Waals surface area contributed by atoms with Crippen molar-refractivity contribution in [3.8, 4) is 11.5 Å². The zero-order chi connectivity index (χ0) is 32.7. The maximum Gasteiger partial charge on any atom is 0.416 e. The molecule has 2 atom stereocenters. The average Bonchev–Trinajstić information content (AvgIpc) is 3.88. The lowest BCUT2D eigenvalue weighted by molar-refractivity contribution is -0.138. The molecule has 244 valence electrons. The molecular weight excluding hydrogens is 607 g/mol. The molecule has 1 saturated carbocycles. The minimum Gasteiger partial charge on any atom is -0.457 e. The Morgan fingerprint density at radius 1 is 0.915 bits per heavy atom. The number of hydrogen-bond acceptors (Lipinski definition) is 6. The summed E-state index contributed by atoms with van der Waals surface area (Å²) in [4.78, 5) is 34.2. The fourth-order valence-electron chi connectivity index (χ4n) is 6.81. The van der Waals surface area contributed by atoms with Gasteiger partial charge in [-0.2, -0.15) is 13.2 Å². The van der Waals surface area contributed by atoms with E-state index in [1.807, 2.05) is 6.07 Å². The number of carbonyl (C=O) groups excluding carboxylic acids is 2. The number of likely N-dealkylation sites (N-methyl/N-ethyl adjacent to an activating group) is 1. The molecule has 3 aromatic carbocycles. The van der Waals surface area contributed by atoms with Crippen LogP contribution in [-0.2, 0) is 17.5 Å². The maximum atomic E-state index is 14.3. The molecule has 3 aliphatic rings. The maximum absolute atomic E-state index is 14.3. The number of rotatable bonds is 8. The Labute approximate surface area is 270 Å². The number of halogens is 3. The van der Waals surface area contributed by atoms with Gasteiger partial charge in [-0.05, 0) is 91.5 Å². The van der Waals surface area contributed by atoms with Crippen molar-refractivity contribution in [1.82, 2.24) is 14.8 Å². The van der Waals surface area contributed by atoms with E-state index in [1.54, 1.807) is 54.7 Å². The summed E-state index contributed by atoms with van der Waals surface area (Å²) in [7, 11) is 2.12. The molecule has 2 unspecified atom stereocenters. The van der Waals surface area contributed by atoms with Gasteiger partial charge in [0.1, 0.15) is 17.3 Å². The molecule has 11 heteroatoms. The Hall–Kier alpha value is -4.48. The van der Waals surface area contributed by atoms with Crippen molar-refractivity contribution in [2.75, 3.05) is 30.8 Å². The van der Waals surface area contributed by atoms with E-state index >= 15 is 0 Å². The van der Waals surface area contributed by atoms with Crippen LogP contribution < -0.4 is 15.4 Å². The number of likely N-dealkylation sites (tertiary alicyclic amines) is 1. The number of benzene rings is 3. The van der Waals surface area contributed by atoms with Crippen LogP contribution >= 0.6 is 0 Å². The van der Waals surface area contributed by atoms with E-state index < -0.39 is 17.6 Å². The van der Waals surface area contributed by atoms with Gasteiger partial charge in [-0.3, -0.25) is 19.4 Å². The second-order valence-corrected chi connectivity index (χ2v) is 12.9. The summed E-state index contributed by atoms with van der Waals surface area (Å²) < 4.78 is 48.8. The van der Waals surface area contributed by atoms with Crippen molar-refractivity contribution in [2.24, 2.45) is 5.92 Å². The summed E-state index contributed by atoms with van der Waals surface area (Å²) in [6.45, 7) is 1.71. The highest BCUT2D eigenvalue weighted by molar-refractivity contribution is 6.13. The van der Waals surface area contributed by atoms with Crippen molar-refractivity contribution in [1.29, 1.82) is 0 Å². The predicted octanol–water partition coefficient (Wildman–Crippen LogP) is 7.32. The molecule has 3 heterocycles. The lowest BCUT2D eigenvalue weighted by atomic mass is 9.91. The first-order valence-corrected chi connectivity index (χ1v) is 16.0. The van der Waals surface area contributed by atoms with Gasteiger partial charge in [0.05, 0.1) is 5.56 Å². The molecular formula is C36H36F3N5O3. The quantitative estimate of drug-likeness (QED) is 0.209. The fourth-order valence-corrected chi connectivity index (χ4v) is 6.81. The summed E-state index contributed by atoms with van der Waals surface area (Å²) in [5.41, 5.74) is -0.113. The molecule has 0 spiro atoms. The third kappa shape index (κ3) is 6.96. The van der Waals surface area contributed by atoms with E-state index in [9.17, 15) is 22.8 Å². The molecule has 0 radical (unpaired) electrons. The Morgan fingerprint density at radius 2 is 1.68 bits per heavy atom. The number of carbonyl (C=O) groups is 2. The minimum absolute atomic E-state index is 0.0474. The van der Waals surface area contributed by atoms with E-state index in [4.69, 9.17) is 4.74 Å². The van der Waals surface area contributed by atoms with Crippen LogP contribution in [0.3, 0.4) is 0 Å². The minimum atomic E-state index is -4.56. The van der Waals surface area contributed by atoms with Gasteiger partial charge >= 0.3 is 6.18 Å². The van der Waals surface area contributed by atoms with E-state index in [2.05, 4.69) is 32.5 Å². The standard InChI is InChI=1S/C36H36F3N5O3/c1-43-26-5-3-6-27(43)21-44(20-26)19-24-10-11-25(17-32(24)36(37,38)39)41-35(46)31-7-2-4-23-16-28(12-13-30(23)31)47-29-14-15-40-33(18-29)42-34(45)22-8-9-22/h2,4,7,10-18,22,26-27H,3,5-6,8-9,19-21H2,1H3,(H,41,46)(H,40,42,45). The molecule has 47 heavy (non-hydrogen) atoms. The van der Waals surface area contributed by atoms with Crippen molar-refractivity contribution >= 4 is 34.1 Å². The monoisotopic (exact) mass is 643 g/mol. The summed E-state index contributed by atoms with van der Waals surface area (Å²) in [6.07, 6.45) is 2.05. The molecule has 8 nitrogen and oxygen atoms in total. The van der Waals surface area contributed by atoms with Gasteiger partial charge in [-0.25, -0.2) is 4.98 Å².